The highest BCUT2D eigenvalue weighted by Gasteiger charge is 2.30. The molecule has 1 atom stereocenters. The van der Waals surface area contributed by atoms with Crippen LogP contribution in [-0.2, 0) is 24.1 Å². The Morgan fingerprint density at radius 2 is 2.10 bits per heavy atom. The zero-order valence-corrected chi connectivity index (χ0v) is 18.6. The van der Waals surface area contributed by atoms with Crippen molar-refractivity contribution in [3.8, 4) is 0 Å². The maximum atomic E-state index is 12.6. The third-order valence-corrected chi connectivity index (χ3v) is 7.04. The number of anilines is 1. The van der Waals surface area contributed by atoms with Crippen LogP contribution in [0, 0.1) is 25.2 Å². The van der Waals surface area contributed by atoms with Gasteiger partial charge in [-0.05, 0) is 56.4 Å². The van der Waals surface area contributed by atoms with Crippen LogP contribution in [0.3, 0.4) is 0 Å². The first-order chi connectivity index (χ1) is 13.7. The Kier molecular flexibility index (Phi) is 5.14. The van der Waals surface area contributed by atoms with E-state index in [2.05, 4.69) is 46.1 Å². The van der Waals surface area contributed by atoms with Crippen molar-refractivity contribution < 1.29 is 4.79 Å². The van der Waals surface area contributed by atoms with Crippen molar-refractivity contribution in [3.05, 3.63) is 33.8 Å². The van der Waals surface area contributed by atoms with Crippen LogP contribution in [0.2, 0.25) is 0 Å². The molecule has 0 aliphatic heterocycles. The maximum absolute atomic E-state index is 12.6. The topological polar surface area (TPSA) is 85.1 Å². The lowest BCUT2D eigenvalue weighted by atomic mass is 9.73. The molecule has 0 bridgehead atoms. The molecule has 29 heavy (non-hydrogen) atoms. The largest absolute Gasteiger partial charge is 0.302 e. The molecule has 0 radical (unpaired) electrons. The number of nitrogens with one attached hydrogen (secondary N) is 1. The number of thiazole rings is 1. The van der Waals surface area contributed by atoms with E-state index in [1.54, 1.807) is 15.9 Å². The van der Waals surface area contributed by atoms with Crippen molar-refractivity contribution in [1.29, 1.82) is 0 Å². The molecule has 3 aromatic heterocycles. The first-order valence-corrected chi connectivity index (χ1v) is 11.0. The molecular weight excluding hydrogens is 384 g/mol. The molecule has 0 aromatic carbocycles. The van der Waals surface area contributed by atoms with Gasteiger partial charge in [-0.3, -0.25) is 4.79 Å². The summed E-state index contributed by atoms with van der Waals surface area (Å²) >= 11 is 1.64. The fourth-order valence-corrected chi connectivity index (χ4v) is 5.21. The summed E-state index contributed by atoms with van der Waals surface area (Å²) in [6.45, 7) is 10.9. The van der Waals surface area contributed by atoms with Gasteiger partial charge in [0.15, 0.2) is 5.13 Å². The number of aryl methyl sites for hydroxylation is 3. The van der Waals surface area contributed by atoms with E-state index in [1.165, 1.54) is 23.3 Å². The molecule has 3 aromatic rings. The van der Waals surface area contributed by atoms with Gasteiger partial charge in [-0.15, -0.1) is 11.3 Å². The highest BCUT2D eigenvalue weighted by molar-refractivity contribution is 7.15. The Balaban J connectivity index is 1.41. The molecule has 1 amide bonds. The van der Waals surface area contributed by atoms with Crippen molar-refractivity contribution in [1.82, 2.24) is 24.6 Å². The molecule has 0 unspecified atom stereocenters. The Bertz CT molecular complexity index is 1060. The van der Waals surface area contributed by atoms with Gasteiger partial charge in [-0.2, -0.15) is 10.1 Å². The average molecular weight is 413 g/mol. The molecule has 154 valence electrons. The van der Waals surface area contributed by atoms with Crippen molar-refractivity contribution in [3.63, 3.8) is 0 Å². The molecule has 1 aliphatic carbocycles. The first-order valence-electron chi connectivity index (χ1n) is 10.2. The molecule has 0 saturated heterocycles. The molecule has 0 saturated carbocycles. The van der Waals surface area contributed by atoms with Crippen molar-refractivity contribution in [2.75, 3.05) is 5.32 Å². The molecule has 4 rings (SSSR count). The lowest BCUT2D eigenvalue weighted by molar-refractivity contribution is -0.116. The van der Waals surface area contributed by atoms with Crippen LogP contribution in [0.15, 0.2) is 6.33 Å². The Morgan fingerprint density at radius 3 is 2.86 bits per heavy atom. The number of carbonyl (C=O) groups excluding carboxylic acids is 1. The predicted octanol–water partition coefficient (Wildman–Crippen LogP) is 3.92. The van der Waals surface area contributed by atoms with Gasteiger partial charge >= 0.3 is 0 Å². The smallest absolute Gasteiger partial charge is 0.252 e. The third-order valence-electron chi connectivity index (χ3n) is 6.00. The summed E-state index contributed by atoms with van der Waals surface area (Å²) in [5.41, 5.74) is 4.40. The Hall–Kier alpha value is -2.35. The summed E-state index contributed by atoms with van der Waals surface area (Å²) in [5.74, 6) is 1.25. The van der Waals surface area contributed by atoms with Gasteiger partial charge in [0.1, 0.15) is 6.33 Å². The van der Waals surface area contributed by atoms with Crippen LogP contribution in [0.1, 0.15) is 61.1 Å². The summed E-state index contributed by atoms with van der Waals surface area (Å²) in [6, 6.07) is 0. The van der Waals surface area contributed by atoms with E-state index in [4.69, 9.17) is 0 Å². The molecule has 0 spiro atoms. The number of amides is 1. The summed E-state index contributed by atoms with van der Waals surface area (Å²) in [4.78, 5) is 27.2. The average Bonchev–Trinajstić information content (AvgIpc) is 3.26. The van der Waals surface area contributed by atoms with E-state index < -0.39 is 0 Å². The van der Waals surface area contributed by atoms with Crippen LogP contribution in [0.25, 0.3) is 5.78 Å². The molecule has 3 heterocycles. The zero-order valence-electron chi connectivity index (χ0n) is 17.7. The van der Waals surface area contributed by atoms with Crippen LogP contribution in [0.4, 0.5) is 5.13 Å². The standard InChI is InChI=1S/C21H28N6OS/c1-12-15(13(2)27-19(24-12)22-11-23-27)7-9-18(28)26-20-25-16-8-6-14(21(3,4)5)10-17(16)29-20/h11,14H,6-10H2,1-5H3,(H,25,26,28)/t14-/m0/s1. The summed E-state index contributed by atoms with van der Waals surface area (Å²) in [5, 5.41) is 7.95. The monoisotopic (exact) mass is 412 g/mol. The minimum absolute atomic E-state index is 0.0130. The predicted molar refractivity (Wildman–Crippen MR) is 114 cm³/mol. The van der Waals surface area contributed by atoms with Crippen molar-refractivity contribution in [2.24, 2.45) is 11.3 Å². The fraction of sp³-hybridized carbons (Fsp3) is 0.571. The van der Waals surface area contributed by atoms with E-state index in [1.807, 2.05) is 13.8 Å². The summed E-state index contributed by atoms with van der Waals surface area (Å²) in [7, 11) is 0. The Labute approximate surface area is 175 Å². The SMILES string of the molecule is Cc1nc2ncnn2c(C)c1CCC(=O)Nc1nc2c(s1)C[C@@H](C(C)(C)C)CC2. The Morgan fingerprint density at radius 1 is 1.31 bits per heavy atom. The van der Waals surface area contributed by atoms with E-state index >= 15 is 0 Å². The van der Waals surface area contributed by atoms with Gasteiger partial charge < -0.3 is 5.32 Å². The van der Waals surface area contributed by atoms with Crippen molar-refractivity contribution in [2.45, 2.75) is 66.7 Å². The number of hydrogen-bond acceptors (Lipinski definition) is 6. The molecule has 1 N–H and O–H groups in total. The van der Waals surface area contributed by atoms with Gasteiger partial charge in [0.25, 0.3) is 5.78 Å². The number of fused-ring (bicyclic) bond motifs is 2. The van der Waals surface area contributed by atoms with Gasteiger partial charge in [0.2, 0.25) is 5.91 Å². The minimum Gasteiger partial charge on any atom is -0.302 e. The molecule has 7 nitrogen and oxygen atoms in total. The molecule has 8 heteroatoms. The highest BCUT2D eigenvalue weighted by atomic mass is 32.1. The second-order valence-electron chi connectivity index (χ2n) is 8.98. The van der Waals surface area contributed by atoms with Gasteiger partial charge in [0.05, 0.1) is 5.69 Å². The number of carbonyl (C=O) groups is 1. The lowest BCUT2D eigenvalue weighted by Crippen LogP contribution is -2.26. The van der Waals surface area contributed by atoms with E-state index in [-0.39, 0.29) is 5.91 Å². The van der Waals surface area contributed by atoms with E-state index in [0.717, 1.165) is 34.9 Å². The second kappa shape index (κ2) is 7.48. The van der Waals surface area contributed by atoms with Crippen LogP contribution in [-0.4, -0.2) is 30.5 Å². The van der Waals surface area contributed by atoms with E-state index in [9.17, 15) is 4.79 Å². The molecule has 0 fully saturated rings. The number of aromatic nitrogens is 5. The van der Waals surface area contributed by atoms with Gasteiger partial charge in [-0.25, -0.2) is 14.5 Å². The first kappa shape index (κ1) is 19.9. The normalized spacial score (nSPS) is 16.8. The minimum atomic E-state index is -0.0130. The van der Waals surface area contributed by atoms with Gasteiger partial charge in [0, 0.05) is 22.7 Å². The quantitative estimate of drug-likeness (QED) is 0.702. The van der Waals surface area contributed by atoms with Crippen molar-refractivity contribution >= 4 is 28.2 Å². The number of nitrogens with zero attached hydrogens (tertiary/aromatic N) is 5. The third kappa shape index (κ3) is 4.03. The molecule has 1 aliphatic rings. The number of rotatable bonds is 4. The lowest BCUT2D eigenvalue weighted by Gasteiger charge is -2.33. The van der Waals surface area contributed by atoms with Crippen LogP contribution < -0.4 is 5.32 Å². The maximum Gasteiger partial charge on any atom is 0.252 e. The zero-order chi connectivity index (χ0) is 20.8. The second-order valence-corrected chi connectivity index (χ2v) is 10.1. The van der Waals surface area contributed by atoms with E-state index in [0.29, 0.717) is 30.0 Å². The molecular formula is C21H28N6OS. The summed E-state index contributed by atoms with van der Waals surface area (Å²) in [6.07, 6.45) is 5.74. The van der Waals surface area contributed by atoms with Gasteiger partial charge in [-0.1, -0.05) is 20.8 Å². The van der Waals surface area contributed by atoms with Crippen LogP contribution in [0.5, 0.6) is 0 Å². The fourth-order valence-electron chi connectivity index (χ4n) is 4.11. The summed E-state index contributed by atoms with van der Waals surface area (Å²) < 4.78 is 1.72. The number of hydrogen-bond donors (Lipinski definition) is 1. The van der Waals surface area contributed by atoms with Crippen LogP contribution >= 0.6 is 11.3 Å². The highest BCUT2D eigenvalue weighted by Crippen LogP contribution is 2.40.